The van der Waals surface area contributed by atoms with Gasteiger partial charge in [-0.2, -0.15) is 0 Å². The highest BCUT2D eigenvalue weighted by Crippen LogP contribution is 2.38. The normalized spacial score (nSPS) is 12.7. The predicted molar refractivity (Wildman–Crippen MR) is 133 cm³/mol. The summed E-state index contributed by atoms with van der Waals surface area (Å²) in [6.07, 6.45) is 7.68. The van der Waals surface area contributed by atoms with Gasteiger partial charge in [0.25, 0.3) is 0 Å². The van der Waals surface area contributed by atoms with Crippen LogP contribution in [0.2, 0.25) is 0 Å². The van der Waals surface area contributed by atoms with E-state index in [0.29, 0.717) is 6.04 Å². The smallest absolute Gasteiger partial charge is 0.0592 e. The van der Waals surface area contributed by atoms with E-state index in [2.05, 4.69) is 110 Å². The topological polar surface area (TPSA) is 4.93 Å². The first-order chi connectivity index (χ1) is 14.2. The molecule has 3 heteroatoms. The van der Waals surface area contributed by atoms with Crippen LogP contribution in [0.5, 0.6) is 0 Å². The average molecular weight is 513 g/mol. The van der Waals surface area contributed by atoms with Gasteiger partial charge in [-0.1, -0.05) is 113 Å². The minimum absolute atomic E-state index is 0.335. The maximum Gasteiger partial charge on any atom is 0.0592 e. The number of nitrogens with zero attached hydrogens (tertiary/aromatic N) is 1. The van der Waals surface area contributed by atoms with Gasteiger partial charge in [0.05, 0.1) is 17.1 Å². The van der Waals surface area contributed by atoms with Crippen LogP contribution >= 0.6 is 31.9 Å². The summed E-state index contributed by atoms with van der Waals surface area (Å²) in [5.41, 5.74) is 3.99. The van der Waals surface area contributed by atoms with Gasteiger partial charge >= 0.3 is 0 Å². The molecule has 1 unspecified atom stereocenters. The molecule has 0 spiro atoms. The summed E-state index contributed by atoms with van der Waals surface area (Å²) < 4.78 is 4.82. The number of benzene rings is 3. The second-order valence-electron chi connectivity index (χ2n) is 7.82. The molecule has 0 aliphatic carbocycles. The van der Waals surface area contributed by atoms with Gasteiger partial charge in [-0.05, 0) is 36.2 Å². The molecule has 150 valence electrons. The predicted octanol–water partition coefficient (Wildman–Crippen LogP) is 9.27. The van der Waals surface area contributed by atoms with Gasteiger partial charge in [0.1, 0.15) is 0 Å². The van der Waals surface area contributed by atoms with Crippen LogP contribution in [0.25, 0.3) is 21.8 Å². The molecule has 0 aliphatic rings. The van der Waals surface area contributed by atoms with E-state index >= 15 is 0 Å². The van der Waals surface area contributed by atoms with Crippen molar-refractivity contribution in [1.82, 2.24) is 4.57 Å². The largest absolute Gasteiger partial charge is 0.333 e. The van der Waals surface area contributed by atoms with Crippen LogP contribution in [0.1, 0.15) is 57.1 Å². The van der Waals surface area contributed by atoms with Gasteiger partial charge < -0.3 is 4.57 Å². The lowest BCUT2D eigenvalue weighted by Gasteiger charge is -2.22. The lowest BCUT2D eigenvalue weighted by Crippen LogP contribution is -2.10. The van der Waals surface area contributed by atoms with E-state index in [1.165, 1.54) is 59.5 Å². The summed E-state index contributed by atoms with van der Waals surface area (Å²) in [5.74, 6) is 0. The van der Waals surface area contributed by atoms with Crippen LogP contribution < -0.4 is 0 Å². The molecule has 0 N–H and O–H groups in total. The van der Waals surface area contributed by atoms with Crippen molar-refractivity contribution in [3.63, 3.8) is 0 Å². The number of rotatable bonds is 8. The average Bonchev–Trinajstić information content (AvgIpc) is 3.03. The molecule has 0 saturated heterocycles. The molecule has 29 heavy (non-hydrogen) atoms. The zero-order valence-corrected chi connectivity index (χ0v) is 20.0. The fourth-order valence-corrected chi connectivity index (χ4v) is 5.09. The SMILES string of the molecule is CCCCCCCC(c1ccccc1)n1c2cc(Br)ccc2c2ccc(Br)cc21. The highest BCUT2D eigenvalue weighted by Gasteiger charge is 2.20. The van der Waals surface area contributed by atoms with Crippen LogP contribution in [-0.4, -0.2) is 4.57 Å². The molecule has 4 aromatic rings. The fourth-order valence-electron chi connectivity index (χ4n) is 4.39. The summed E-state index contributed by atoms with van der Waals surface area (Å²) in [7, 11) is 0. The van der Waals surface area contributed by atoms with E-state index in [1.807, 2.05) is 0 Å². The molecule has 0 fully saturated rings. The van der Waals surface area contributed by atoms with Gasteiger partial charge in [-0.15, -0.1) is 0 Å². The van der Waals surface area contributed by atoms with Crippen molar-refractivity contribution in [2.75, 3.05) is 0 Å². The lowest BCUT2D eigenvalue weighted by atomic mass is 9.99. The van der Waals surface area contributed by atoms with Crippen molar-refractivity contribution >= 4 is 53.7 Å². The molecule has 3 aromatic carbocycles. The molecule has 0 bridgehead atoms. The molecule has 1 atom stereocenters. The van der Waals surface area contributed by atoms with Crippen molar-refractivity contribution in [3.05, 3.63) is 81.2 Å². The summed E-state index contributed by atoms with van der Waals surface area (Å²) >= 11 is 7.40. The van der Waals surface area contributed by atoms with Gasteiger partial charge in [0, 0.05) is 19.7 Å². The molecule has 1 aromatic heterocycles. The Kier molecular flexibility index (Phi) is 6.77. The van der Waals surface area contributed by atoms with Crippen molar-refractivity contribution < 1.29 is 0 Å². The standard InChI is InChI=1S/C26H27Br2N/c1-2-3-4-5-9-12-24(19-10-7-6-8-11-19)29-25-17-20(27)13-15-22(25)23-16-14-21(28)18-26(23)29/h6-8,10-11,13-18,24H,2-5,9,12H2,1H3. The summed E-state index contributed by atoms with van der Waals surface area (Å²) in [6, 6.07) is 24.7. The van der Waals surface area contributed by atoms with E-state index in [-0.39, 0.29) is 0 Å². The third-order valence-corrected chi connectivity index (χ3v) is 6.79. The van der Waals surface area contributed by atoms with Crippen molar-refractivity contribution in [2.24, 2.45) is 0 Å². The van der Waals surface area contributed by atoms with Crippen LogP contribution in [-0.2, 0) is 0 Å². The summed E-state index contributed by atoms with van der Waals surface area (Å²) in [6.45, 7) is 2.28. The van der Waals surface area contributed by atoms with Crippen molar-refractivity contribution in [3.8, 4) is 0 Å². The first-order valence-corrected chi connectivity index (χ1v) is 12.2. The third-order valence-electron chi connectivity index (χ3n) is 5.81. The second-order valence-corrected chi connectivity index (χ2v) is 9.65. The summed E-state index contributed by atoms with van der Waals surface area (Å²) in [4.78, 5) is 0. The van der Waals surface area contributed by atoms with Crippen LogP contribution in [0, 0.1) is 0 Å². The monoisotopic (exact) mass is 511 g/mol. The number of hydrogen-bond donors (Lipinski definition) is 0. The van der Waals surface area contributed by atoms with Crippen molar-refractivity contribution in [2.45, 2.75) is 51.5 Å². The molecule has 1 nitrogen and oxygen atoms in total. The second kappa shape index (κ2) is 9.49. The van der Waals surface area contributed by atoms with E-state index in [0.717, 1.165) is 15.4 Å². The molecular formula is C26H27Br2N. The van der Waals surface area contributed by atoms with Crippen LogP contribution in [0.4, 0.5) is 0 Å². The Labute approximate surface area is 190 Å². The van der Waals surface area contributed by atoms with Gasteiger partial charge in [0.2, 0.25) is 0 Å². The number of hydrogen-bond acceptors (Lipinski definition) is 0. The van der Waals surface area contributed by atoms with E-state index in [4.69, 9.17) is 0 Å². The zero-order valence-electron chi connectivity index (χ0n) is 16.9. The summed E-state index contributed by atoms with van der Waals surface area (Å²) in [5, 5.41) is 2.64. The number of unbranched alkanes of at least 4 members (excludes halogenated alkanes) is 4. The zero-order chi connectivity index (χ0) is 20.2. The molecule has 0 radical (unpaired) electrons. The minimum atomic E-state index is 0.335. The Morgan fingerprint density at radius 2 is 1.31 bits per heavy atom. The van der Waals surface area contributed by atoms with Gasteiger partial charge in [-0.25, -0.2) is 0 Å². The van der Waals surface area contributed by atoms with Crippen molar-refractivity contribution in [1.29, 1.82) is 0 Å². The molecule has 0 amide bonds. The molecule has 0 aliphatic heterocycles. The Morgan fingerprint density at radius 3 is 1.90 bits per heavy atom. The minimum Gasteiger partial charge on any atom is -0.333 e. The Balaban J connectivity index is 1.86. The third kappa shape index (κ3) is 4.46. The highest BCUT2D eigenvalue weighted by atomic mass is 79.9. The van der Waals surface area contributed by atoms with Gasteiger partial charge in [0.15, 0.2) is 0 Å². The quantitative estimate of drug-likeness (QED) is 0.207. The molecule has 4 rings (SSSR count). The first kappa shape index (κ1) is 20.7. The molecule has 1 heterocycles. The Bertz CT molecular complexity index is 1040. The highest BCUT2D eigenvalue weighted by molar-refractivity contribution is 9.10. The number of aromatic nitrogens is 1. The van der Waals surface area contributed by atoms with Gasteiger partial charge in [-0.3, -0.25) is 0 Å². The number of halogens is 2. The maximum absolute atomic E-state index is 3.70. The Morgan fingerprint density at radius 1 is 0.724 bits per heavy atom. The fraction of sp³-hybridized carbons (Fsp3) is 0.308. The maximum atomic E-state index is 3.70. The Hall–Kier alpha value is -1.58. The van der Waals surface area contributed by atoms with E-state index in [1.54, 1.807) is 0 Å². The van der Waals surface area contributed by atoms with Crippen LogP contribution in [0.15, 0.2) is 75.7 Å². The lowest BCUT2D eigenvalue weighted by molar-refractivity contribution is 0.513. The number of fused-ring (bicyclic) bond motifs is 3. The van der Waals surface area contributed by atoms with E-state index < -0.39 is 0 Å². The molecule has 0 saturated carbocycles. The van der Waals surface area contributed by atoms with E-state index in [9.17, 15) is 0 Å². The van der Waals surface area contributed by atoms with Crippen LogP contribution in [0.3, 0.4) is 0 Å². The first-order valence-electron chi connectivity index (χ1n) is 10.6. The molecular weight excluding hydrogens is 486 g/mol.